The molecule has 7 nitrogen and oxygen atoms in total. The number of hydrogen-bond donors (Lipinski definition) is 4. The average Bonchev–Trinajstić information content (AvgIpc) is 3.28. The lowest BCUT2D eigenvalue weighted by molar-refractivity contribution is 0.242. The van der Waals surface area contributed by atoms with Crippen LogP contribution in [0.5, 0.6) is 0 Å². The number of thiophene rings is 1. The Balaban J connectivity index is 1.86. The Morgan fingerprint density at radius 1 is 1.14 bits per heavy atom. The molecule has 0 radical (unpaired) electrons. The number of nitrogens with zero attached hydrogens (tertiary/aromatic N) is 2. The summed E-state index contributed by atoms with van der Waals surface area (Å²) in [5, 5.41) is 13.6. The molecule has 4 rings (SSSR count). The van der Waals surface area contributed by atoms with Gasteiger partial charge in [0.05, 0.1) is 11.7 Å². The topological polar surface area (TPSA) is 118 Å². The van der Waals surface area contributed by atoms with E-state index in [1.165, 1.54) is 0 Å². The fraction of sp³-hybridized carbons (Fsp3) is 0.0500. The second-order valence-corrected chi connectivity index (χ2v) is 6.99. The molecule has 140 valence electrons. The number of carbonyl (C=O) groups excluding carboxylic acids is 1. The quantitative estimate of drug-likeness (QED) is 0.237. The zero-order valence-corrected chi connectivity index (χ0v) is 15.6. The molecular formula is C20H18N6OS. The molecule has 2 amide bonds. The minimum absolute atomic E-state index is 0.255. The number of carbonyl (C=O) groups is 1. The summed E-state index contributed by atoms with van der Waals surface area (Å²) in [6, 6.07) is 12.7. The lowest BCUT2D eigenvalue weighted by atomic mass is 9.89. The van der Waals surface area contributed by atoms with Gasteiger partial charge in [0.25, 0.3) is 0 Å². The van der Waals surface area contributed by atoms with Crippen molar-refractivity contribution in [1.82, 2.24) is 15.6 Å². The zero-order valence-electron chi connectivity index (χ0n) is 14.8. The van der Waals surface area contributed by atoms with E-state index in [2.05, 4.69) is 26.1 Å². The van der Waals surface area contributed by atoms with Crippen LogP contribution < -0.4 is 22.2 Å². The monoisotopic (exact) mass is 390 g/mol. The van der Waals surface area contributed by atoms with Gasteiger partial charge in [0, 0.05) is 29.1 Å². The van der Waals surface area contributed by atoms with E-state index < -0.39 is 0 Å². The van der Waals surface area contributed by atoms with Crippen molar-refractivity contribution in [2.24, 2.45) is 16.7 Å². The molecule has 6 N–H and O–H groups in total. The first-order chi connectivity index (χ1) is 13.7. The number of benzene rings is 1. The van der Waals surface area contributed by atoms with Gasteiger partial charge in [0.15, 0.2) is 0 Å². The number of urea groups is 1. The summed E-state index contributed by atoms with van der Waals surface area (Å²) in [5.74, 6) is 5.51. The summed E-state index contributed by atoms with van der Waals surface area (Å²) in [6.45, 7) is 0. The maximum absolute atomic E-state index is 12.4. The van der Waals surface area contributed by atoms with Crippen LogP contribution in [0.4, 0.5) is 4.79 Å². The minimum Gasteiger partial charge on any atom is -0.382 e. The standard InChI is InChI=1S/C20H18N6OS/c21-19(26-22)13-5-3-12(4-6-13)17-16(15-7-9-28-11-15)18(25-20(27)24-17)14-2-1-8-23-10-14/h1-11,17H,22H2,(H2,21,26)(H2,24,25,27). The summed E-state index contributed by atoms with van der Waals surface area (Å²) in [5.41, 5.74) is 11.0. The third kappa shape index (κ3) is 3.33. The molecule has 0 bridgehead atoms. The third-order valence-electron chi connectivity index (χ3n) is 4.53. The smallest absolute Gasteiger partial charge is 0.320 e. The molecule has 2 aromatic heterocycles. The maximum atomic E-state index is 12.4. The second kappa shape index (κ2) is 7.53. The van der Waals surface area contributed by atoms with Crippen LogP contribution in [0.2, 0.25) is 0 Å². The number of amidine groups is 1. The van der Waals surface area contributed by atoms with E-state index in [0.29, 0.717) is 0 Å². The number of rotatable bonds is 4. The molecule has 3 heterocycles. The van der Waals surface area contributed by atoms with E-state index in [-0.39, 0.29) is 17.9 Å². The van der Waals surface area contributed by atoms with Crippen LogP contribution in [0, 0.1) is 0 Å². The van der Waals surface area contributed by atoms with Gasteiger partial charge in [0.2, 0.25) is 0 Å². The maximum Gasteiger partial charge on any atom is 0.320 e. The van der Waals surface area contributed by atoms with Crippen LogP contribution in [0.1, 0.15) is 28.3 Å². The van der Waals surface area contributed by atoms with E-state index in [9.17, 15) is 4.79 Å². The number of nitrogens with two attached hydrogens (primary N) is 2. The molecule has 1 aliphatic rings. The van der Waals surface area contributed by atoms with Gasteiger partial charge in [-0.3, -0.25) is 4.98 Å². The van der Waals surface area contributed by atoms with Gasteiger partial charge < -0.3 is 22.2 Å². The predicted molar refractivity (Wildman–Crippen MR) is 111 cm³/mol. The molecule has 0 spiro atoms. The summed E-state index contributed by atoms with van der Waals surface area (Å²) in [4.78, 5) is 16.6. The van der Waals surface area contributed by atoms with Gasteiger partial charge in [-0.1, -0.05) is 24.3 Å². The van der Waals surface area contributed by atoms with Gasteiger partial charge in [-0.05, 0) is 40.1 Å². The number of hydrogen-bond acceptors (Lipinski definition) is 5. The summed E-state index contributed by atoms with van der Waals surface area (Å²) >= 11 is 1.60. The molecular weight excluding hydrogens is 372 g/mol. The molecule has 1 unspecified atom stereocenters. The first kappa shape index (κ1) is 17.7. The lowest BCUT2D eigenvalue weighted by Crippen LogP contribution is -2.42. The predicted octanol–water partition coefficient (Wildman–Crippen LogP) is 2.64. The fourth-order valence-corrected chi connectivity index (χ4v) is 3.86. The minimum atomic E-state index is -0.330. The van der Waals surface area contributed by atoms with Crippen molar-refractivity contribution in [3.8, 4) is 0 Å². The first-order valence-corrected chi connectivity index (χ1v) is 9.50. The van der Waals surface area contributed by atoms with Crippen LogP contribution >= 0.6 is 11.3 Å². The van der Waals surface area contributed by atoms with Gasteiger partial charge in [-0.15, -0.1) is 0 Å². The lowest BCUT2D eigenvalue weighted by Gasteiger charge is -2.30. The number of pyridine rings is 1. The van der Waals surface area contributed by atoms with Gasteiger partial charge in [-0.25, -0.2) is 4.79 Å². The molecule has 1 aromatic carbocycles. The Morgan fingerprint density at radius 2 is 1.96 bits per heavy atom. The first-order valence-electron chi connectivity index (χ1n) is 8.55. The number of aromatic nitrogens is 1. The Hall–Kier alpha value is -3.65. The molecule has 3 aromatic rings. The zero-order chi connectivity index (χ0) is 19.5. The SMILES string of the molecule is N/N=C(\N)c1ccc(C2NC(=O)NC(c3cccnc3)=C2c2ccsc2)cc1. The van der Waals surface area contributed by atoms with E-state index in [0.717, 1.165) is 33.5 Å². The molecule has 0 fully saturated rings. The largest absolute Gasteiger partial charge is 0.382 e. The molecule has 0 saturated carbocycles. The summed E-state index contributed by atoms with van der Waals surface area (Å²) in [7, 11) is 0. The summed E-state index contributed by atoms with van der Waals surface area (Å²) in [6.07, 6.45) is 3.45. The van der Waals surface area contributed by atoms with E-state index in [1.807, 2.05) is 47.8 Å². The van der Waals surface area contributed by atoms with Gasteiger partial charge in [-0.2, -0.15) is 16.4 Å². The van der Waals surface area contributed by atoms with Crippen molar-refractivity contribution in [3.63, 3.8) is 0 Å². The van der Waals surface area contributed by atoms with Crippen LogP contribution in [0.3, 0.4) is 0 Å². The van der Waals surface area contributed by atoms with E-state index in [1.54, 1.807) is 23.7 Å². The van der Waals surface area contributed by atoms with E-state index >= 15 is 0 Å². The van der Waals surface area contributed by atoms with Crippen molar-refractivity contribution in [3.05, 3.63) is 87.9 Å². The Kier molecular flexibility index (Phi) is 4.77. The van der Waals surface area contributed by atoms with Crippen LogP contribution in [-0.4, -0.2) is 16.9 Å². The summed E-state index contributed by atoms with van der Waals surface area (Å²) < 4.78 is 0. The van der Waals surface area contributed by atoms with Crippen molar-refractivity contribution in [2.45, 2.75) is 6.04 Å². The van der Waals surface area contributed by atoms with Gasteiger partial charge in [0.1, 0.15) is 5.84 Å². The number of amides is 2. The van der Waals surface area contributed by atoms with Crippen molar-refractivity contribution >= 4 is 34.5 Å². The molecule has 8 heteroatoms. The number of nitrogens with one attached hydrogen (secondary N) is 2. The normalized spacial score (nSPS) is 17.2. The molecule has 28 heavy (non-hydrogen) atoms. The van der Waals surface area contributed by atoms with Crippen molar-refractivity contribution < 1.29 is 4.79 Å². The highest BCUT2D eigenvalue weighted by molar-refractivity contribution is 7.08. The van der Waals surface area contributed by atoms with Crippen LogP contribution in [-0.2, 0) is 0 Å². The molecule has 0 saturated heterocycles. The molecule has 0 aliphatic carbocycles. The highest BCUT2D eigenvalue weighted by Crippen LogP contribution is 2.38. The number of hydrazone groups is 1. The van der Waals surface area contributed by atoms with Gasteiger partial charge >= 0.3 is 6.03 Å². The van der Waals surface area contributed by atoms with Crippen LogP contribution in [0.15, 0.2) is 70.7 Å². The van der Waals surface area contributed by atoms with Crippen molar-refractivity contribution in [1.29, 1.82) is 0 Å². The Bertz CT molecular complexity index is 1040. The highest BCUT2D eigenvalue weighted by atomic mass is 32.1. The fourth-order valence-electron chi connectivity index (χ4n) is 3.20. The highest BCUT2D eigenvalue weighted by Gasteiger charge is 2.30. The second-order valence-electron chi connectivity index (χ2n) is 6.21. The molecule has 1 atom stereocenters. The van der Waals surface area contributed by atoms with E-state index in [4.69, 9.17) is 11.6 Å². The Labute approximate surface area is 165 Å². The van der Waals surface area contributed by atoms with Crippen molar-refractivity contribution in [2.75, 3.05) is 0 Å². The Morgan fingerprint density at radius 3 is 2.61 bits per heavy atom. The van der Waals surface area contributed by atoms with Crippen LogP contribution in [0.25, 0.3) is 11.3 Å². The average molecular weight is 390 g/mol. The molecule has 1 aliphatic heterocycles. The third-order valence-corrected chi connectivity index (χ3v) is 5.22.